The number of halogens is 2. The summed E-state index contributed by atoms with van der Waals surface area (Å²) in [5.41, 5.74) is 4.41. The third-order valence-electron chi connectivity index (χ3n) is 5.30. The Morgan fingerprint density at radius 3 is 2.50 bits per heavy atom. The normalized spacial score (nSPS) is 12.9. The molecular weight excluding hydrogens is 469 g/mol. The van der Waals surface area contributed by atoms with E-state index in [1.807, 2.05) is 18.2 Å². The van der Waals surface area contributed by atoms with Crippen LogP contribution in [0.15, 0.2) is 65.6 Å². The first-order valence-corrected chi connectivity index (χ1v) is 12.5. The number of benzene rings is 3. The van der Waals surface area contributed by atoms with Crippen LogP contribution in [0.3, 0.4) is 0 Å². The minimum Gasteiger partial charge on any atom is -0.339 e. The molecule has 4 rings (SSSR count). The average molecular weight is 491 g/mol. The van der Waals surface area contributed by atoms with E-state index in [1.54, 1.807) is 30.3 Å². The van der Waals surface area contributed by atoms with Crippen molar-refractivity contribution in [2.75, 3.05) is 5.32 Å². The summed E-state index contributed by atoms with van der Waals surface area (Å²) in [6.45, 7) is 2.03. The number of rotatable bonds is 6. The summed E-state index contributed by atoms with van der Waals surface area (Å²) >= 11 is 12.1. The van der Waals surface area contributed by atoms with Crippen LogP contribution >= 0.6 is 23.2 Å². The lowest BCUT2D eigenvalue weighted by Crippen LogP contribution is -2.77. The van der Waals surface area contributed by atoms with Crippen molar-refractivity contribution < 1.29 is 18.5 Å². The van der Waals surface area contributed by atoms with Crippen LogP contribution in [0.1, 0.15) is 22.3 Å². The van der Waals surface area contributed by atoms with Gasteiger partial charge >= 0.3 is 6.03 Å². The second-order valence-electron chi connectivity index (χ2n) is 7.60. The molecule has 32 heavy (non-hydrogen) atoms. The summed E-state index contributed by atoms with van der Waals surface area (Å²) in [5.74, 6) is -0.0616. The number of anilines is 1. The number of urea groups is 1. The summed E-state index contributed by atoms with van der Waals surface area (Å²) in [4.78, 5) is 12.4. The van der Waals surface area contributed by atoms with Crippen molar-refractivity contribution in [2.45, 2.75) is 30.3 Å². The van der Waals surface area contributed by atoms with Crippen molar-refractivity contribution in [1.82, 2.24) is 5.32 Å². The highest BCUT2D eigenvalue weighted by Gasteiger charge is 2.19. The molecule has 0 aromatic heterocycles. The van der Waals surface area contributed by atoms with Gasteiger partial charge in [-0.3, -0.25) is 0 Å². The molecule has 1 aliphatic rings. The molecule has 0 saturated carbocycles. The van der Waals surface area contributed by atoms with Crippen LogP contribution in [-0.4, -0.2) is 14.4 Å². The molecule has 166 valence electrons. The summed E-state index contributed by atoms with van der Waals surface area (Å²) in [6.07, 6.45) is 0. The molecule has 0 unspecified atom stereocenters. The topological polar surface area (TPSA) is 91.9 Å². The molecule has 0 aliphatic carbocycles. The van der Waals surface area contributed by atoms with Gasteiger partial charge in [0, 0.05) is 23.4 Å². The van der Waals surface area contributed by atoms with Gasteiger partial charge in [-0.25, -0.2) is 13.2 Å². The minimum absolute atomic E-state index is 0.0616. The number of quaternary nitrogens is 1. The number of carbonyl (C=O) groups is 1. The predicted molar refractivity (Wildman–Crippen MR) is 125 cm³/mol. The average Bonchev–Trinajstić information content (AvgIpc) is 3.23. The van der Waals surface area contributed by atoms with Gasteiger partial charge in [0.25, 0.3) is 0 Å². The lowest BCUT2D eigenvalue weighted by atomic mass is 10.1. The molecule has 4 N–H and O–H groups in total. The molecule has 1 heterocycles. The van der Waals surface area contributed by atoms with Crippen LogP contribution in [0.2, 0.25) is 10.0 Å². The zero-order valence-electron chi connectivity index (χ0n) is 17.1. The molecule has 6 nitrogen and oxygen atoms in total. The molecule has 3 aromatic rings. The molecule has 3 aromatic carbocycles. The van der Waals surface area contributed by atoms with Crippen LogP contribution in [0.5, 0.6) is 0 Å². The Morgan fingerprint density at radius 1 is 0.969 bits per heavy atom. The van der Waals surface area contributed by atoms with Gasteiger partial charge in [-0.05, 0) is 47.5 Å². The highest BCUT2D eigenvalue weighted by molar-refractivity contribution is 7.90. The lowest BCUT2D eigenvalue weighted by Gasteiger charge is -2.10. The van der Waals surface area contributed by atoms with E-state index in [9.17, 15) is 13.2 Å². The van der Waals surface area contributed by atoms with Gasteiger partial charge in [0.05, 0.1) is 20.7 Å². The van der Waals surface area contributed by atoms with E-state index in [1.165, 1.54) is 23.3 Å². The Balaban J connectivity index is 1.36. The van der Waals surface area contributed by atoms with Crippen LogP contribution < -0.4 is 16.0 Å². The summed E-state index contributed by atoms with van der Waals surface area (Å²) in [5, 5.41) is 8.38. The summed E-state index contributed by atoms with van der Waals surface area (Å²) in [7, 11) is -3.50. The zero-order valence-corrected chi connectivity index (χ0v) is 19.4. The van der Waals surface area contributed by atoms with Crippen molar-refractivity contribution in [3.8, 4) is 0 Å². The standard InChI is InChI=1S/C23H21Cl2N3O3S/c24-21-3-1-2-17(22(21)25)13-27-23(29)28-19-6-8-20(9-7-19)32(30,31)14-15-4-5-16-11-26-12-18(16)10-15/h1-10,26H,11-14H2,(H2,27,28,29)/p+1. The van der Waals surface area contributed by atoms with Crippen molar-refractivity contribution in [2.24, 2.45) is 0 Å². The Bertz CT molecular complexity index is 1260. The SMILES string of the molecule is O=C(NCc1cccc(Cl)c1Cl)Nc1ccc(S(=O)(=O)Cc2ccc3c(c2)C[NH2+]C3)cc1. The number of fused-ring (bicyclic) bond motifs is 1. The monoisotopic (exact) mass is 490 g/mol. The molecule has 2 amide bonds. The van der Waals surface area contributed by atoms with E-state index in [2.05, 4.69) is 16.0 Å². The van der Waals surface area contributed by atoms with Crippen LogP contribution in [0.4, 0.5) is 10.5 Å². The number of hydrogen-bond acceptors (Lipinski definition) is 3. The fourth-order valence-electron chi connectivity index (χ4n) is 3.63. The molecule has 0 saturated heterocycles. The molecule has 9 heteroatoms. The van der Waals surface area contributed by atoms with Crippen molar-refractivity contribution >= 4 is 44.8 Å². The zero-order chi connectivity index (χ0) is 22.7. The summed E-state index contributed by atoms with van der Waals surface area (Å²) in [6, 6.07) is 16.7. The van der Waals surface area contributed by atoms with E-state index < -0.39 is 15.9 Å². The lowest BCUT2D eigenvalue weighted by molar-refractivity contribution is -0.676. The number of nitrogens with two attached hydrogens (primary N) is 1. The van der Waals surface area contributed by atoms with Gasteiger partial charge in [0.1, 0.15) is 13.1 Å². The van der Waals surface area contributed by atoms with E-state index in [-0.39, 0.29) is 17.2 Å². The van der Waals surface area contributed by atoms with Crippen molar-refractivity contribution in [1.29, 1.82) is 0 Å². The molecule has 0 atom stereocenters. The van der Waals surface area contributed by atoms with Crippen molar-refractivity contribution in [3.05, 3.63) is 93.0 Å². The first-order chi connectivity index (χ1) is 15.3. The molecule has 0 spiro atoms. The number of hydrogen-bond donors (Lipinski definition) is 3. The van der Waals surface area contributed by atoms with Crippen molar-refractivity contribution in [3.63, 3.8) is 0 Å². The van der Waals surface area contributed by atoms with E-state index in [4.69, 9.17) is 23.2 Å². The smallest absolute Gasteiger partial charge is 0.319 e. The van der Waals surface area contributed by atoms with Gasteiger partial charge < -0.3 is 16.0 Å². The highest BCUT2D eigenvalue weighted by Crippen LogP contribution is 2.25. The Hall–Kier alpha value is -2.58. The molecule has 0 fully saturated rings. The predicted octanol–water partition coefficient (Wildman–Crippen LogP) is 3.87. The number of sulfone groups is 1. The second kappa shape index (κ2) is 9.50. The van der Waals surface area contributed by atoms with Gasteiger partial charge in [0.2, 0.25) is 0 Å². The Kier molecular flexibility index (Phi) is 6.71. The van der Waals surface area contributed by atoms with E-state index >= 15 is 0 Å². The quantitative estimate of drug-likeness (QED) is 0.489. The van der Waals surface area contributed by atoms with Gasteiger partial charge in [-0.15, -0.1) is 0 Å². The van der Waals surface area contributed by atoms with E-state index in [0.717, 1.165) is 18.7 Å². The fraction of sp³-hybridized carbons (Fsp3) is 0.174. The van der Waals surface area contributed by atoms with Gasteiger partial charge in [0.15, 0.2) is 9.84 Å². The molecule has 0 bridgehead atoms. The van der Waals surface area contributed by atoms with Crippen LogP contribution in [-0.2, 0) is 35.2 Å². The maximum Gasteiger partial charge on any atom is 0.319 e. The Morgan fingerprint density at radius 2 is 1.72 bits per heavy atom. The van der Waals surface area contributed by atoms with Gasteiger partial charge in [-0.1, -0.05) is 47.5 Å². The number of amides is 2. The largest absolute Gasteiger partial charge is 0.339 e. The first-order valence-electron chi connectivity index (χ1n) is 10.0. The second-order valence-corrected chi connectivity index (χ2v) is 10.4. The van der Waals surface area contributed by atoms with Gasteiger partial charge in [-0.2, -0.15) is 0 Å². The number of carbonyl (C=O) groups excluding carboxylic acids is 1. The first kappa shape index (κ1) is 22.6. The third kappa shape index (κ3) is 5.24. The van der Waals surface area contributed by atoms with E-state index in [0.29, 0.717) is 21.3 Å². The maximum absolute atomic E-state index is 12.8. The molecule has 0 radical (unpaired) electrons. The Labute approximate surface area is 196 Å². The van der Waals surface area contributed by atoms with Crippen LogP contribution in [0, 0.1) is 0 Å². The number of nitrogens with one attached hydrogen (secondary N) is 2. The van der Waals surface area contributed by atoms with Crippen LogP contribution in [0.25, 0.3) is 0 Å². The molecular formula is C23H22Cl2N3O3S+. The fourth-order valence-corrected chi connectivity index (χ4v) is 5.35. The minimum atomic E-state index is -3.50. The maximum atomic E-state index is 12.8. The summed E-state index contributed by atoms with van der Waals surface area (Å²) < 4.78 is 25.6. The third-order valence-corrected chi connectivity index (χ3v) is 7.86. The molecule has 1 aliphatic heterocycles. The highest BCUT2D eigenvalue weighted by atomic mass is 35.5.